The molecule has 2 aliphatic heterocycles. The number of likely N-dealkylation sites (N-methyl/N-ethyl adjacent to an activating group) is 1. The molecule has 0 spiro atoms. The second-order valence-electron chi connectivity index (χ2n) is 27.8. The summed E-state index contributed by atoms with van der Waals surface area (Å²) < 4.78 is 0. The highest BCUT2D eigenvalue weighted by molar-refractivity contribution is 6.01. The Kier molecular flexibility index (Phi) is 36.4. The lowest BCUT2D eigenvalue weighted by molar-refractivity contribution is -0.148. The van der Waals surface area contributed by atoms with Crippen LogP contribution in [-0.4, -0.2) is 246 Å². The molecule has 2 aliphatic rings. The number of primary amides is 2. The number of hydrogen-bond acceptors (Lipinski definition) is 20. The van der Waals surface area contributed by atoms with E-state index in [-0.39, 0.29) is 25.2 Å². The first-order valence-electron chi connectivity index (χ1n) is 34.3. The molecule has 20 N–H and O–H groups in total. The van der Waals surface area contributed by atoms with Crippen molar-refractivity contribution < 1.29 is 97.8 Å². The lowest BCUT2D eigenvalue weighted by atomic mass is 9.94. The number of nitrogens with one attached hydrogen (secondary N) is 10. The molecule has 19 atom stereocenters. The summed E-state index contributed by atoms with van der Waals surface area (Å²) in [6, 6.07) is -20.7. The monoisotopic (exact) mass is 1410 g/mol. The lowest BCUT2D eigenvalue weighted by Crippen LogP contribution is -2.65. The van der Waals surface area contributed by atoms with Crippen LogP contribution in [0.2, 0.25) is 0 Å². The van der Waals surface area contributed by atoms with Gasteiger partial charge in [-0.2, -0.15) is 0 Å². The van der Waals surface area contributed by atoms with Gasteiger partial charge in [0.2, 0.25) is 82.7 Å². The van der Waals surface area contributed by atoms with Gasteiger partial charge in [-0.3, -0.25) is 67.1 Å². The summed E-state index contributed by atoms with van der Waals surface area (Å²) in [4.78, 5) is 199. The van der Waals surface area contributed by atoms with Crippen LogP contribution in [0.3, 0.4) is 0 Å². The summed E-state index contributed by atoms with van der Waals surface area (Å²) in [6.07, 6.45) is -9.06. The number of aliphatic hydroxyl groups excluding tert-OH is 6. The number of aliphatic hydroxyl groups is 6. The first kappa shape index (κ1) is 87.4. The highest BCUT2D eigenvalue weighted by atomic mass is 16.3. The molecular weight excluding hydrogens is 1300 g/mol. The van der Waals surface area contributed by atoms with Gasteiger partial charge in [0.15, 0.2) is 6.10 Å². The third-order valence-electron chi connectivity index (χ3n) is 17.7. The third-order valence-corrected chi connectivity index (χ3v) is 17.7. The standard InChI is InChI=1S/C65H114N14O20/c1-16-18-19-20-21-22-37-26-43(84)72-44(30(5)6)58(92)76-47(51(85)31(7)8)60(94)68-34(12)55(89)75-48(52(86)32(9)10)61(95)70-39(23-24-42(66)83)64(98)78(15)50(33(11)17-2)63(97)77-49(53(87)54(67)88)62(96)74-46(36(14)81)65(99)79-28-38(82)27-41(79)57(91)71-40(25-29(3)4)56(90)73-45(35(13)80)59(93)69-37/h29-41,44-53,80-82,85-87H,16-28H2,1-15H3,(H2,66,83)(H2,67,88)(H,68,94)(H,69,93)(H,70,95)(H,71,91)(H,72,84)(H,73,90)(H,74,96)(H,75,89)(H,76,92)(H,77,97)/t33-,34-,35-,36+,37+,38+,39-,40+,41-,44-,45-,46-,47-,48+,49+,50-,51-,52+,53+/m0/s1. The van der Waals surface area contributed by atoms with Crippen molar-refractivity contribution in [2.45, 2.75) is 283 Å². The first-order chi connectivity index (χ1) is 46.0. The Bertz CT molecular complexity index is 2790. The molecule has 0 aromatic rings. The minimum atomic E-state index is -2.60. The van der Waals surface area contributed by atoms with E-state index in [1.165, 1.54) is 48.5 Å². The number of unbranched alkanes of at least 4 members (excludes halogenated alkanes) is 4. The van der Waals surface area contributed by atoms with Gasteiger partial charge in [-0.15, -0.1) is 0 Å². The zero-order valence-corrected chi connectivity index (χ0v) is 59.9. The fraction of sp³-hybridized carbons (Fsp3) is 0.785. The van der Waals surface area contributed by atoms with Crippen molar-refractivity contribution in [2.24, 2.45) is 41.1 Å². The van der Waals surface area contributed by atoms with Gasteiger partial charge in [0, 0.05) is 38.9 Å². The molecule has 34 heteroatoms. The van der Waals surface area contributed by atoms with Gasteiger partial charge in [-0.1, -0.05) is 115 Å². The molecule has 34 nitrogen and oxygen atoms in total. The van der Waals surface area contributed by atoms with Crippen LogP contribution < -0.4 is 64.6 Å². The smallest absolute Gasteiger partial charge is 0.248 e. The van der Waals surface area contributed by atoms with Crippen molar-refractivity contribution in [3.05, 3.63) is 0 Å². The van der Waals surface area contributed by atoms with Crippen LogP contribution in [-0.2, 0) is 67.1 Å². The first-order valence-corrected chi connectivity index (χ1v) is 34.3. The molecule has 0 saturated carbocycles. The summed E-state index contributed by atoms with van der Waals surface area (Å²) in [5.74, 6) is -19.4. The minimum absolute atomic E-state index is 0.0874. The Balaban J connectivity index is 3.01. The molecule has 2 fully saturated rings. The number of nitrogens with two attached hydrogens (primary N) is 2. The van der Waals surface area contributed by atoms with Crippen LogP contribution >= 0.6 is 0 Å². The average molecular weight is 1410 g/mol. The SMILES string of the molecule is CCCCCCC[C@@H]1CC(=O)N[C@@H](C(C)C)C(=O)N[C@@H]([C@@H](O)C(C)C)C(=O)N[C@@H](C)C(=O)N[C@H]([C@H](O)C(C)C)C(=O)N[C@@H](CCC(N)=O)C(=O)N(C)[C@@H]([C@@H](C)CC)C(=O)N[C@H]([C@@H](O)C(N)=O)C(=O)N[C@@H]([C@@H](C)O)C(=O)N2C[C@H](O)C[C@H]2C(=O)N[C@H](CC(C)C)C(=O)N[C@@H]([C@H](C)O)C(=O)N1. The Hall–Kier alpha value is -7.66. The van der Waals surface area contributed by atoms with Gasteiger partial charge in [-0.05, 0) is 69.6 Å². The fourth-order valence-electron chi connectivity index (χ4n) is 11.4. The van der Waals surface area contributed by atoms with Crippen LogP contribution in [0.25, 0.3) is 0 Å². The van der Waals surface area contributed by atoms with E-state index in [9.17, 15) is 97.8 Å². The molecule has 564 valence electrons. The molecule has 2 rings (SSSR count). The largest absolute Gasteiger partial charge is 0.391 e. The Morgan fingerprint density at radius 3 is 1.52 bits per heavy atom. The quantitative estimate of drug-likeness (QED) is 0.0452. The molecule has 14 amide bonds. The van der Waals surface area contributed by atoms with Gasteiger partial charge in [-0.25, -0.2) is 0 Å². The highest BCUT2D eigenvalue weighted by Gasteiger charge is 2.47. The summed E-state index contributed by atoms with van der Waals surface area (Å²) in [7, 11) is 1.09. The number of hydrogen-bond donors (Lipinski definition) is 18. The van der Waals surface area contributed by atoms with Gasteiger partial charge in [0.1, 0.15) is 66.5 Å². The molecule has 99 heavy (non-hydrogen) atoms. The van der Waals surface area contributed by atoms with Crippen molar-refractivity contribution >= 4 is 82.7 Å². The molecule has 0 aliphatic carbocycles. The minimum Gasteiger partial charge on any atom is -0.391 e. The van der Waals surface area contributed by atoms with E-state index in [2.05, 4.69) is 53.2 Å². The fourth-order valence-corrected chi connectivity index (χ4v) is 11.4. The van der Waals surface area contributed by atoms with E-state index in [0.717, 1.165) is 43.0 Å². The normalized spacial score (nSPS) is 28.5. The maximum atomic E-state index is 14.8. The lowest BCUT2D eigenvalue weighted by Gasteiger charge is -2.36. The average Bonchev–Trinajstić information content (AvgIpc) is 1.78. The Labute approximate surface area is 579 Å². The highest BCUT2D eigenvalue weighted by Crippen LogP contribution is 2.23. The van der Waals surface area contributed by atoms with Crippen molar-refractivity contribution in [1.82, 2.24) is 63.0 Å². The van der Waals surface area contributed by atoms with Gasteiger partial charge < -0.3 is 105 Å². The number of nitrogens with zero attached hydrogens (tertiary/aromatic N) is 2. The molecule has 0 radical (unpaired) electrons. The molecule has 0 unspecified atom stereocenters. The summed E-state index contributed by atoms with van der Waals surface area (Å²) in [6.45, 7) is 20.4. The van der Waals surface area contributed by atoms with Gasteiger partial charge in [0.25, 0.3) is 0 Å². The number of carbonyl (C=O) groups is 14. The molecular formula is C65H114N14O20. The molecule has 0 aromatic carbocycles. The van der Waals surface area contributed by atoms with E-state index < -0.39 is 248 Å². The van der Waals surface area contributed by atoms with E-state index in [1.807, 2.05) is 6.92 Å². The van der Waals surface area contributed by atoms with Crippen LogP contribution in [0.15, 0.2) is 0 Å². The predicted molar refractivity (Wildman–Crippen MR) is 358 cm³/mol. The van der Waals surface area contributed by atoms with E-state index in [1.54, 1.807) is 34.6 Å². The van der Waals surface area contributed by atoms with Crippen molar-refractivity contribution in [3.63, 3.8) is 0 Å². The van der Waals surface area contributed by atoms with Crippen molar-refractivity contribution in [3.8, 4) is 0 Å². The summed E-state index contributed by atoms with van der Waals surface area (Å²) >= 11 is 0. The molecule has 0 bridgehead atoms. The van der Waals surface area contributed by atoms with Crippen LogP contribution in [0.1, 0.15) is 174 Å². The number of fused-ring (bicyclic) bond motifs is 1. The zero-order valence-electron chi connectivity index (χ0n) is 59.9. The second kappa shape index (κ2) is 41.2. The number of amides is 14. The predicted octanol–water partition coefficient (Wildman–Crippen LogP) is -4.94. The zero-order chi connectivity index (χ0) is 75.8. The van der Waals surface area contributed by atoms with Crippen LogP contribution in [0.4, 0.5) is 0 Å². The number of rotatable bonds is 22. The van der Waals surface area contributed by atoms with Crippen LogP contribution in [0.5, 0.6) is 0 Å². The van der Waals surface area contributed by atoms with Crippen LogP contribution in [0, 0.1) is 29.6 Å². The van der Waals surface area contributed by atoms with E-state index in [4.69, 9.17) is 11.5 Å². The van der Waals surface area contributed by atoms with Gasteiger partial charge >= 0.3 is 0 Å². The van der Waals surface area contributed by atoms with Gasteiger partial charge in [0.05, 0.1) is 30.5 Å². The number of carbonyl (C=O) groups excluding carboxylic acids is 14. The third kappa shape index (κ3) is 26.8. The topological polar surface area (TPSA) is 539 Å². The molecule has 2 heterocycles. The van der Waals surface area contributed by atoms with E-state index in [0.29, 0.717) is 12.8 Å². The van der Waals surface area contributed by atoms with E-state index >= 15 is 0 Å². The van der Waals surface area contributed by atoms with Crippen molar-refractivity contribution in [1.29, 1.82) is 0 Å². The molecule has 2 saturated heterocycles. The Morgan fingerprint density at radius 1 is 0.525 bits per heavy atom. The van der Waals surface area contributed by atoms with Crippen molar-refractivity contribution in [2.75, 3.05) is 13.6 Å². The Morgan fingerprint density at radius 2 is 1.01 bits per heavy atom. The summed E-state index contributed by atoms with van der Waals surface area (Å²) in [5, 5.41) is 91.8. The second-order valence-corrected chi connectivity index (χ2v) is 27.8. The summed E-state index contributed by atoms with van der Waals surface area (Å²) in [5.41, 5.74) is 11.0. The maximum Gasteiger partial charge on any atom is 0.248 e. The maximum absolute atomic E-state index is 14.8. The molecule has 0 aromatic heterocycles.